The summed E-state index contributed by atoms with van der Waals surface area (Å²) in [6.45, 7) is 3.15. The number of likely N-dealkylation sites (tertiary alicyclic amines) is 1. The van der Waals surface area contributed by atoms with Crippen molar-refractivity contribution in [1.82, 2.24) is 10.2 Å². The topological polar surface area (TPSA) is 52.6 Å². The van der Waals surface area contributed by atoms with E-state index in [2.05, 4.69) is 5.32 Å². The van der Waals surface area contributed by atoms with E-state index >= 15 is 0 Å². The molecule has 0 aromatic carbocycles. The first kappa shape index (κ1) is 13.4. The number of rotatable bonds is 1. The lowest BCUT2D eigenvalue weighted by molar-refractivity contribution is -0.139. The highest BCUT2D eigenvalue weighted by Gasteiger charge is 2.41. The molecule has 3 fully saturated rings. The van der Waals surface area contributed by atoms with Gasteiger partial charge in [0.2, 0.25) is 5.91 Å². The first-order valence-electron chi connectivity index (χ1n) is 7.82. The molecule has 2 N–H and O–H groups in total. The SMILES string of the molecule is CC1(O)CCCN(C(=O)C2CC3CCCCC3N2)C1. The van der Waals surface area contributed by atoms with E-state index in [-0.39, 0.29) is 11.9 Å². The van der Waals surface area contributed by atoms with Gasteiger partial charge in [-0.1, -0.05) is 12.8 Å². The van der Waals surface area contributed by atoms with Crippen molar-refractivity contribution in [2.24, 2.45) is 5.92 Å². The molecule has 4 unspecified atom stereocenters. The molecule has 0 aromatic rings. The molecule has 108 valence electrons. The average Bonchev–Trinajstić information content (AvgIpc) is 2.80. The summed E-state index contributed by atoms with van der Waals surface area (Å²) in [6, 6.07) is 0.565. The summed E-state index contributed by atoms with van der Waals surface area (Å²) in [5, 5.41) is 13.7. The van der Waals surface area contributed by atoms with Crippen LogP contribution in [0.5, 0.6) is 0 Å². The maximum Gasteiger partial charge on any atom is 0.239 e. The predicted molar refractivity (Wildman–Crippen MR) is 73.7 cm³/mol. The Morgan fingerprint density at radius 2 is 2.11 bits per heavy atom. The molecule has 0 spiro atoms. The zero-order valence-corrected chi connectivity index (χ0v) is 11.9. The summed E-state index contributed by atoms with van der Waals surface area (Å²) in [5.41, 5.74) is -0.695. The third kappa shape index (κ3) is 2.79. The predicted octanol–water partition coefficient (Wildman–Crippen LogP) is 1.28. The van der Waals surface area contributed by atoms with Gasteiger partial charge in [0.25, 0.3) is 0 Å². The zero-order chi connectivity index (χ0) is 13.5. The van der Waals surface area contributed by atoms with Crippen molar-refractivity contribution in [3.63, 3.8) is 0 Å². The first-order chi connectivity index (χ1) is 9.05. The molecule has 0 aromatic heterocycles. The van der Waals surface area contributed by atoms with Gasteiger partial charge in [0.05, 0.1) is 11.6 Å². The normalized spacial score (nSPS) is 43.1. The molecule has 2 heterocycles. The summed E-state index contributed by atoms with van der Waals surface area (Å²) >= 11 is 0. The second kappa shape index (κ2) is 5.06. The Bertz CT molecular complexity index is 342. The van der Waals surface area contributed by atoms with Gasteiger partial charge < -0.3 is 15.3 Å². The molecule has 0 radical (unpaired) electrons. The van der Waals surface area contributed by atoms with Crippen molar-refractivity contribution in [1.29, 1.82) is 0 Å². The highest BCUT2D eigenvalue weighted by molar-refractivity contribution is 5.82. The number of carbonyl (C=O) groups is 1. The van der Waals surface area contributed by atoms with Crippen LogP contribution >= 0.6 is 0 Å². The Kier molecular flexibility index (Phi) is 3.56. The number of nitrogens with zero attached hydrogens (tertiary/aromatic N) is 1. The van der Waals surface area contributed by atoms with E-state index in [9.17, 15) is 9.90 Å². The van der Waals surface area contributed by atoms with Crippen LogP contribution in [0.3, 0.4) is 0 Å². The maximum absolute atomic E-state index is 12.6. The van der Waals surface area contributed by atoms with Gasteiger partial charge in [-0.05, 0) is 44.9 Å². The lowest BCUT2D eigenvalue weighted by Crippen LogP contribution is -2.53. The number of amides is 1. The maximum atomic E-state index is 12.6. The van der Waals surface area contributed by atoms with E-state index in [1.807, 2.05) is 11.8 Å². The Morgan fingerprint density at radius 1 is 1.32 bits per heavy atom. The van der Waals surface area contributed by atoms with Gasteiger partial charge >= 0.3 is 0 Å². The van der Waals surface area contributed by atoms with Crippen molar-refractivity contribution >= 4 is 5.91 Å². The van der Waals surface area contributed by atoms with Crippen LogP contribution in [0.15, 0.2) is 0 Å². The van der Waals surface area contributed by atoms with Gasteiger partial charge in [0.1, 0.15) is 0 Å². The minimum absolute atomic E-state index is 0.00185. The number of fused-ring (bicyclic) bond motifs is 1. The largest absolute Gasteiger partial charge is 0.388 e. The van der Waals surface area contributed by atoms with Crippen LogP contribution in [0.25, 0.3) is 0 Å². The minimum atomic E-state index is -0.695. The highest BCUT2D eigenvalue weighted by Crippen LogP contribution is 2.34. The van der Waals surface area contributed by atoms with Crippen LogP contribution in [-0.2, 0) is 4.79 Å². The zero-order valence-electron chi connectivity index (χ0n) is 11.9. The number of nitrogens with one attached hydrogen (secondary N) is 1. The quantitative estimate of drug-likeness (QED) is 0.752. The number of piperidine rings is 1. The molecule has 3 aliphatic rings. The van der Waals surface area contributed by atoms with Gasteiger partial charge in [0, 0.05) is 19.1 Å². The summed E-state index contributed by atoms with van der Waals surface area (Å²) in [4.78, 5) is 14.5. The fraction of sp³-hybridized carbons (Fsp3) is 0.933. The Morgan fingerprint density at radius 3 is 2.84 bits per heavy atom. The Labute approximate surface area is 115 Å². The highest BCUT2D eigenvalue weighted by atomic mass is 16.3. The van der Waals surface area contributed by atoms with E-state index in [0.29, 0.717) is 18.5 Å². The number of hydrogen-bond acceptors (Lipinski definition) is 3. The number of β-amino-alcohol motifs (C(OH)–C–C–N with tert-alkyl or cyclic N) is 1. The van der Waals surface area contributed by atoms with Gasteiger partial charge in [-0.25, -0.2) is 0 Å². The van der Waals surface area contributed by atoms with Crippen molar-refractivity contribution in [3.05, 3.63) is 0 Å². The number of aliphatic hydroxyl groups is 1. The molecule has 1 amide bonds. The second-order valence-corrected chi connectivity index (χ2v) is 6.97. The molecule has 19 heavy (non-hydrogen) atoms. The van der Waals surface area contributed by atoms with Crippen molar-refractivity contribution < 1.29 is 9.90 Å². The average molecular weight is 266 g/mol. The standard InChI is InChI=1S/C15H26N2O2/c1-15(19)7-4-8-17(10-15)14(18)13-9-11-5-2-3-6-12(11)16-13/h11-13,16,19H,2-10H2,1H3. The van der Waals surface area contributed by atoms with Gasteiger partial charge in [0.15, 0.2) is 0 Å². The number of hydrogen-bond donors (Lipinski definition) is 2. The molecule has 0 bridgehead atoms. The Balaban J connectivity index is 1.61. The van der Waals surface area contributed by atoms with E-state index in [1.54, 1.807) is 0 Å². The third-order valence-electron chi connectivity index (χ3n) is 5.15. The lowest BCUT2D eigenvalue weighted by Gasteiger charge is -2.38. The van der Waals surface area contributed by atoms with Crippen LogP contribution in [0, 0.1) is 5.92 Å². The molecular weight excluding hydrogens is 240 g/mol. The fourth-order valence-electron chi connectivity index (χ4n) is 4.14. The van der Waals surface area contributed by atoms with Crippen LogP contribution < -0.4 is 5.32 Å². The summed E-state index contributed by atoms with van der Waals surface area (Å²) in [5.74, 6) is 0.919. The van der Waals surface area contributed by atoms with Crippen LogP contribution in [0.4, 0.5) is 0 Å². The molecule has 2 aliphatic heterocycles. The van der Waals surface area contributed by atoms with Gasteiger partial charge in [-0.2, -0.15) is 0 Å². The first-order valence-corrected chi connectivity index (χ1v) is 7.82. The molecule has 3 rings (SSSR count). The molecular formula is C15H26N2O2. The van der Waals surface area contributed by atoms with Crippen molar-refractivity contribution in [3.8, 4) is 0 Å². The van der Waals surface area contributed by atoms with E-state index < -0.39 is 5.60 Å². The summed E-state index contributed by atoms with van der Waals surface area (Å²) in [6.07, 6.45) is 7.85. The van der Waals surface area contributed by atoms with E-state index in [0.717, 1.165) is 25.8 Å². The lowest BCUT2D eigenvalue weighted by atomic mass is 9.85. The van der Waals surface area contributed by atoms with E-state index in [4.69, 9.17) is 0 Å². The molecule has 4 atom stereocenters. The van der Waals surface area contributed by atoms with Crippen molar-refractivity contribution in [2.45, 2.75) is 69.6 Å². The molecule has 2 saturated heterocycles. The molecule has 1 aliphatic carbocycles. The van der Waals surface area contributed by atoms with Crippen LogP contribution in [0.1, 0.15) is 51.9 Å². The van der Waals surface area contributed by atoms with Crippen LogP contribution in [-0.4, -0.2) is 46.7 Å². The fourth-order valence-corrected chi connectivity index (χ4v) is 4.14. The molecule has 4 nitrogen and oxygen atoms in total. The molecule has 1 saturated carbocycles. The van der Waals surface area contributed by atoms with Gasteiger partial charge in [-0.3, -0.25) is 4.79 Å². The monoisotopic (exact) mass is 266 g/mol. The van der Waals surface area contributed by atoms with E-state index in [1.165, 1.54) is 25.7 Å². The molecule has 4 heteroatoms. The smallest absolute Gasteiger partial charge is 0.239 e. The van der Waals surface area contributed by atoms with Gasteiger partial charge in [-0.15, -0.1) is 0 Å². The summed E-state index contributed by atoms with van der Waals surface area (Å²) in [7, 11) is 0. The second-order valence-electron chi connectivity index (χ2n) is 6.97. The Hall–Kier alpha value is -0.610. The third-order valence-corrected chi connectivity index (χ3v) is 5.15. The minimum Gasteiger partial charge on any atom is -0.388 e. The van der Waals surface area contributed by atoms with Crippen LogP contribution in [0.2, 0.25) is 0 Å². The van der Waals surface area contributed by atoms with Crippen molar-refractivity contribution in [2.75, 3.05) is 13.1 Å². The summed E-state index contributed by atoms with van der Waals surface area (Å²) < 4.78 is 0. The number of carbonyl (C=O) groups excluding carboxylic acids is 1.